The maximum Gasteiger partial charge on any atom is 0.0524 e. The molecule has 0 aliphatic carbocycles. The Morgan fingerprint density at radius 3 is 1.54 bits per heavy atom. The molecule has 3 heterocycles. The van der Waals surface area contributed by atoms with E-state index in [1.165, 1.54) is 22.4 Å². The second kappa shape index (κ2) is 16.6. The van der Waals surface area contributed by atoms with E-state index in [2.05, 4.69) is 132 Å². The molecule has 0 amide bonds. The largest absolute Gasteiger partial charge is 0.354 e. The molecule has 0 aliphatic heterocycles. The topological polar surface area (TPSA) is 35.6 Å². The van der Waals surface area contributed by atoms with Gasteiger partial charge >= 0.3 is 0 Å². The zero-order valence-electron chi connectivity index (χ0n) is 25.1. The van der Waals surface area contributed by atoms with Crippen molar-refractivity contribution in [3.05, 3.63) is 107 Å². The summed E-state index contributed by atoms with van der Waals surface area (Å²) in [5.41, 5.74) is 6.59. The fourth-order valence-corrected chi connectivity index (χ4v) is 3.58. The Bertz CT molecular complexity index is 1120. The van der Waals surface area contributed by atoms with Gasteiger partial charge in [-0.15, -0.1) is 0 Å². The van der Waals surface area contributed by atoms with Crippen LogP contribution in [-0.4, -0.2) is 19.3 Å². The van der Waals surface area contributed by atoms with Crippen LogP contribution >= 0.6 is 0 Å². The average Bonchev–Trinajstić information content (AvgIpc) is 3.49. The van der Waals surface area contributed by atoms with Crippen molar-refractivity contribution in [3.63, 3.8) is 0 Å². The van der Waals surface area contributed by atoms with E-state index in [1.54, 1.807) is 0 Å². The zero-order chi connectivity index (χ0) is 28.0. The first kappa shape index (κ1) is 31.9. The molecule has 0 unspecified atom stereocenters. The smallest absolute Gasteiger partial charge is 0.0524 e. The average molecular weight is 503 g/mol. The first-order chi connectivity index (χ1) is 17.4. The normalized spacial score (nSPS) is 10.5. The summed E-state index contributed by atoms with van der Waals surface area (Å²) < 4.78 is 3.99. The van der Waals surface area contributed by atoms with Gasteiger partial charge < -0.3 is 4.57 Å². The third-order valence-corrected chi connectivity index (χ3v) is 6.02. The van der Waals surface area contributed by atoms with Gasteiger partial charge in [-0.2, -0.15) is 5.10 Å². The monoisotopic (exact) mass is 502 g/mol. The Labute approximate surface area is 226 Å². The molecule has 0 fully saturated rings. The lowest BCUT2D eigenvalue weighted by Crippen LogP contribution is -1.95. The number of benzene rings is 1. The van der Waals surface area contributed by atoms with Crippen molar-refractivity contribution >= 4 is 0 Å². The van der Waals surface area contributed by atoms with Crippen LogP contribution in [0.15, 0.2) is 79.4 Å². The predicted octanol–water partition coefficient (Wildman–Crippen LogP) is 9.02. The zero-order valence-corrected chi connectivity index (χ0v) is 25.1. The minimum Gasteiger partial charge on any atom is -0.354 e. The van der Waals surface area contributed by atoms with Crippen LogP contribution in [-0.2, 0) is 14.1 Å². The van der Waals surface area contributed by atoms with Gasteiger partial charge in [0.25, 0.3) is 0 Å². The highest BCUT2D eigenvalue weighted by atomic mass is 15.2. The molecule has 0 aliphatic rings. The summed E-state index contributed by atoms with van der Waals surface area (Å²) in [5, 5.41) is 4.05. The SMILES string of the molecule is CC(C)c1ccccc1.CC(C)c1cccn1C.CC(C)c1cnn(C)c1.Cc1cc(C(C)C)ccn1. The lowest BCUT2D eigenvalue weighted by atomic mass is 10.0. The van der Waals surface area contributed by atoms with E-state index >= 15 is 0 Å². The van der Waals surface area contributed by atoms with Crippen molar-refractivity contribution in [2.75, 3.05) is 0 Å². The first-order valence-electron chi connectivity index (χ1n) is 13.5. The van der Waals surface area contributed by atoms with E-state index in [0.717, 1.165) is 5.69 Å². The van der Waals surface area contributed by atoms with Crippen LogP contribution in [0, 0.1) is 6.92 Å². The van der Waals surface area contributed by atoms with Crippen LogP contribution in [0.5, 0.6) is 0 Å². The number of hydrogen-bond donors (Lipinski definition) is 0. The molecule has 0 saturated heterocycles. The van der Waals surface area contributed by atoms with Crippen molar-refractivity contribution in [1.82, 2.24) is 19.3 Å². The van der Waals surface area contributed by atoms with Crippen molar-refractivity contribution in [1.29, 1.82) is 0 Å². The summed E-state index contributed by atoms with van der Waals surface area (Å²) in [6, 6.07) is 19.0. The van der Waals surface area contributed by atoms with E-state index in [1.807, 2.05) is 43.3 Å². The summed E-state index contributed by atoms with van der Waals surface area (Å²) in [4.78, 5) is 4.12. The van der Waals surface area contributed by atoms with E-state index in [-0.39, 0.29) is 0 Å². The molecule has 4 aromatic rings. The third kappa shape index (κ3) is 12.6. The molecule has 0 spiro atoms. The van der Waals surface area contributed by atoms with Gasteiger partial charge in [0.15, 0.2) is 0 Å². The first-order valence-corrected chi connectivity index (χ1v) is 13.5. The van der Waals surface area contributed by atoms with Crippen molar-refractivity contribution < 1.29 is 0 Å². The molecule has 4 rings (SSSR count). The molecular formula is C33H50N4. The Morgan fingerprint density at radius 2 is 1.24 bits per heavy atom. The Balaban J connectivity index is 0.000000247. The summed E-state index contributed by atoms with van der Waals surface area (Å²) >= 11 is 0. The van der Waals surface area contributed by atoms with Crippen LogP contribution in [0.3, 0.4) is 0 Å². The molecule has 0 saturated carbocycles. The quantitative estimate of drug-likeness (QED) is 0.279. The van der Waals surface area contributed by atoms with Crippen LogP contribution in [0.2, 0.25) is 0 Å². The van der Waals surface area contributed by atoms with Gasteiger partial charge in [0, 0.05) is 44.1 Å². The highest BCUT2D eigenvalue weighted by molar-refractivity contribution is 5.18. The fraction of sp³-hybridized carbons (Fsp3) is 0.455. The lowest BCUT2D eigenvalue weighted by molar-refractivity contribution is 0.741. The molecule has 0 bridgehead atoms. The minimum atomic E-state index is 0.596. The van der Waals surface area contributed by atoms with Gasteiger partial charge in [-0.3, -0.25) is 9.67 Å². The molecule has 0 atom stereocenters. The van der Waals surface area contributed by atoms with E-state index in [9.17, 15) is 0 Å². The Morgan fingerprint density at radius 1 is 0.649 bits per heavy atom. The predicted molar refractivity (Wildman–Crippen MR) is 160 cm³/mol. The second-order valence-electron chi connectivity index (χ2n) is 10.8. The van der Waals surface area contributed by atoms with Crippen molar-refractivity contribution in [2.24, 2.45) is 14.1 Å². The van der Waals surface area contributed by atoms with Crippen molar-refractivity contribution in [2.45, 2.75) is 86.0 Å². The number of hydrogen-bond acceptors (Lipinski definition) is 2. The summed E-state index contributed by atoms with van der Waals surface area (Å²) in [7, 11) is 4.02. The molecular weight excluding hydrogens is 452 g/mol. The summed E-state index contributed by atoms with van der Waals surface area (Å²) in [6.07, 6.45) is 7.90. The number of aryl methyl sites for hydroxylation is 3. The fourth-order valence-electron chi connectivity index (χ4n) is 3.58. The molecule has 1 aromatic carbocycles. The summed E-state index contributed by atoms with van der Waals surface area (Å²) in [6.45, 7) is 19.5. The molecule has 4 heteroatoms. The van der Waals surface area contributed by atoms with E-state index < -0.39 is 0 Å². The summed E-state index contributed by atoms with van der Waals surface area (Å²) in [5.74, 6) is 2.51. The number of nitrogens with zero attached hydrogens (tertiary/aromatic N) is 4. The van der Waals surface area contributed by atoms with Crippen LogP contribution in [0.4, 0.5) is 0 Å². The van der Waals surface area contributed by atoms with Crippen molar-refractivity contribution in [3.8, 4) is 0 Å². The lowest BCUT2D eigenvalue weighted by Gasteiger charge is -2.04. The number of pyridine rings is 1. The van der Waals surface area contributed by atoms with Gasteiger partial charge in [-0.1, -0.05) is 85.7 Å². The second-order valence-corrected chi connectivity index (χ2v) is 10.8. The molecule has 0 radical (unpaired) electrons. The minimum absolute atomic E-state index is 0.596. The molecule has 0 N–H and O–H groups in total. The van der Waals surface area contributed by atoms with E-state index in [4.69, 9.17) is 0 Å². The highest BCUT2D eigenvalue weighted by Crippen LogP contribution is 2.14. The van der Waals surface area contributed by atoms with Gasteiger partial charge in [0.1, 0.15) is 0 Å². The van der Waals surface area contributed by atoms with Gasteiger partial charge in [-0.25, -0.2) is 0 Å². The highest BCUT2D eigenvalue weighted by Gasteiger charge is 2.00. The third-order valence-electron chi connectivity index (χ3n) is 6.02. The van der Waals surface area contributed by atoms with Crippen LogP contribution < -0.4 is 0 Å². The van der Waals surface area contributed by atoms with Gasteiger partial charge in [0.05, 0.1) is 6.20 Å². The van der Waals surface area contributed by atoms with Crippen LogP contribution in [0.1, 0.15) is 107 Å². The standard InChI is InChI=1S/C9H13N.C9H12.C8H13N.C7H12N2/c1-7(2)9-4-5-10-8(3)6-9;1-8(2)9-6-4-3-5-7-9;1-7(2)8-5-4-6-9(8)3;1-6(2)7-4-8-9(3)5-7/h4-7H,1-3H3;3-8H,1-2H3;4-7H,1-3H3;4-6H,1-3H3. The number of aromatic nitrogens is 4. The van der Waals surface area contributed by atoms with Gasteiger partial charge in [-0.05, 0) is 71.6 Å². The maximum absolute atomic E-state index is 4.12. The molecule has 202 valence electrons. The maximum atomic E-state index is 4.12. The molecule has 4 nitrogen and oxygen atoms in total. The number of rotatable bonds is 4. The van der Waals surface area contributed by atoms with Gasteiger partial charge in [0.2, 0.25) is 0 Å². The molecule has 37 heavy (non-hydrogen) atoms. The Kier molecular flexibility index (Phi) is 14.3. The van der Waals surface area contributed by atoms with E-state index in [0.29, 0.717) is 23.7 Å². The molecule has 3 aromatic heterocycles. The Hall–Kier alpha value is -3.14. The van der Waals surface area contributed by atoms with Crippen LogP contribution in [0.25, 0.3) is 0 Å².